The zero-order chi connectivity index (χ0) is 16.1. The van der Waals surface area contributed by atoms with Gasteiger partial charge in [0.05, 0.1) is 0 Å². The Hall–Kier alpha value is -2.29. The van der Waals surface area contributed by atoms with Crippen molar-refractivity contribution in [2.24, 2.45) is 0 Å². The fraction of sp³-hybridized carbons (Fsp3) is 0.316. The van der Waals surface area contributed by atoms with Gasteiger partial charge in [0.2, 0.25) is 0 Å². The molecule has 0 aliphatic heterocycles. The Morgan fingerprint density at radius 3 is 2.27 bits per heavy atom. The predicted octanol–water partition coefficient (Wildman–Crippen LogP) is 3.62. The Bertz CT molecular complexity index is 660. The summed E-state index contributed by atoms with van der Waals surface area (Å²) in [6.07, 6.45) is 0. The van der Waals surface area contributed by atoms with Crippen molar-refractivity contribution in [1.29, 1.82) is 0 Å². The van der Waals surface area contributed by atoms with Crippen LogP contribution in [0, 0.1) is 27.7 Å². The van der Waals surface area contributed by atoms with Crippen molar-refractivity contribution in [3.8, 4) is 5.75 Å². The Kier molecular flexibility index (Phi) is 5.21. The molecule has 22 heavy (non-hydrogen) atoms. The molecule has 0 atom stereocenters. The Morgan fingerprint density at radius 1 is 0.955 bits per heavy atom. The first-order valence-electron chi connectivity index (χ1n) is 7.48. The lowest BCUT2D eigenvalue weighted by Crippen LogP contribution is -2.28. The molecule has 2 rings (SSSR count). The first kappa shape index (κ1) is 16.1. The van der Waals surface area contributed by atoms with Gasteiger partial charge in [-0.1, -0.05) is 35.9 Å². The molecular weight excluding hydrogens is 274 g/mol. The molecular formula is C19H23NO2. The zero-order valence-electron chi connectivity index (χ0n) is 13.7. The van der Waals surface area contributed by atoms with E-state index < -0.39 is 0 Å². The predicted molar refractivity (Wildman–Crippen MR) is 89.2 cm³/mol. The average Bonchev–Trinajstić information content (AvgIpc) is 2.49. The molecule has 1 amide bonds. The molecule has 0 radical (unpaired) electrons. The summed E-state index contributed by atoms with van der Waals surface area (Å²) < 4.78 is 5.63. The quantitative estimate of drug-likeness (QED) is 0.915. The lowest BCUT2D eigenvalue weighted by molar-refractivity contribution is -0.123. The van der Waals surface area contributed by atoms with Gasteiger partial charge in [-0.25, -0.2) is 0 Å². The van der Waals surface area contributed by atoms with Gasteiger partial charge in [-0.3, -0.25) is 4.79 Å². The minimum absolute atomic E-state index is 0.0369. The van der Waals surface area contributed by atoms with Crippen LogP contribution in [0.4, 0.5) is 0 Å². The van der Waals surface area contributed by atoms with Crippen molar-refractivity contribution in [2.45, 2.75) is 34.2 Å². The third kappa shape index (κ3) is 4.35. The van der Waals surface area contributed by atoms with Gasteiger partial charge in [0.15, 0.2) is 6.61 Å². The van der Waals surface area contributed by atoms with Crippen molar-refractivity contribution in [3.63, 3.8) is 0 Å². The molecule has 0 saturated carbocycles. The second kappa shape index (κ2) is 7.12. The molecule has 0 aliphatic carbocycles. The van der Waals surface area contributed by atoms with E-state index in [9.17, 15) is 4.79 Å². The maximum Gasteiger partial charge on any atom is 0.258 e. The van der Waals surface area contributed by atoms with Crippen LogP contribution >= 0.6 is 0 Å². The van der Waals surface area contributed by atoms with Gasteiger partial charge in [-0.15, -0.1) is 0 Å². The van der Waals surface area contributed by atoms with Crippen LogP contribution in [0.25, 0.3) is 0 Å². The highest BCUT2D eigenvalue weighted by Crippen LogP contribution is 2.22. The molecule has 0 saturated heterocycles. The molecule has 1 N–H and O–H groups in total. The number of carbonyl (C=O) groups excluding carboxylic acids is 1. The van der Waals surface area contributed by atoms with Gasteiger partial charge < -0.3 is 10.1 Å². The molecule has 0 unspecified atom stereocenters. The molecule has 0 spiro atoms. The summed E-state index contributed by atoms with van der Waals surface area (Å²) in [5, 5.41) is 2.87. The molecule has 2 aromatic carbocycles. The molecule has 0 bridgehead atoms. The van der Waals surface area contributed by atoms with E-state index in [0.29, 0.717) is 6.54 Å². The molecule has 0 aliphatic rings. The summed E-state index contributed by atoms with van der Waals surface area (Å²) in [7, 11) is 0. The first-order chi connectivity index (χ1) is 10.5. The van der Waals surface area contributed by atoms with E-state index in [-0.39, 0.29) is 12.5 Å². The van der Waals surface area contributed by atoms with E-state index in [2.05, 4.69) is 18.3 Å². The van der Waals surface area contributed by atoms with Gasteiger partial charge in [0.1, 0.15) is 5.75 Å². The van der Waals surface area contributed by atoms with Crippen LogP contribution in [0.5, 0.6) is 5.75 Å². The first-order valence-corrected chi connectivity index (χ1v) is 7.48. The van der Waals surface area contributed by atoms with Crippen LogP contribution in [0.3, 0.4) is 0 Å². The number of hydrogen-bond acceptors (Lipinski definition) is 2. The van der Waals surface area contributed by atoms with Gasteiger partial charge in [0.25, 0.3) is 5.91 Å². The van der Waals surface area contributed by atoms with Crippen LogP contribution in [0.15, 0.2) is 36.4 Å². The average molecular weight is 297 g/mol. The molecule has 0 fully saturated rings. The van der Waals surface area contributed by atoms with Crippen LogP contribution < -0.4 is 10.1 Å². The third-order valence-corrected chi connectivity index (χ3v) is 3.76. The van der Waals surface area contributed by atoms with Crippen molar-refractivity contribution in [1.82, 2.24) is 5.32 Å². The van der Waals surface area contributed by atoms with Crippen molar-refractivity contribution in [3.05, 3.63) is 64.2 Å². The SMILES string of the molecule is Cc1ccc(CNC(=O)COc2cc(C)c(C)cc2C)cc1. The van der Waals surface area contributed by atoms with E-state index >= 15 is 0 Å². The topological polar surface area (TPSA) is 38.3 Å². The highest BCUT2D eigenvalue weighted by Gasteiger charge is 2.06. The standard InChI is InChI=1S/C19H23NO2/c1-13-5-7-17(8-6-13)11-20-19(21)12-22-18-10-15(3)14(2)9-16(18)4/h5-10H,11-12H2,1-4H3,(H,20,21). The van der Waals surface area contributed by atoms with Gasteiger partial charge in [-0.05, 0) is 56.0 Å². The van der Waals surface area contributed by atoms with Crippen LogP contribution in [-0.4, -0.2) is 12.5 Å². The van der Waals surface area contributed by atoms with Gasteiger partial charge in [0, 0.05) is 6.54 Å². The van der Waals surface area contributed by atoms with E-state index in [1.807, 2.05) is 51.1 Å². The fourth-order valence-electron chi connectivity index (χ4n) is 2.19. The van der Waals surface area contributed by atoms with Gasteiger partial charge >= 0.3 is 0 Å². The summed E-state index contributed by atoms with van der Waals surface area (Å²) in [5.41, 5.74) is 5.74. The molecule has 0 heterocycles. The number of hydrogen-bond donors (Lipinski definition) is 1. The van der Waals surface area contributed by atoms with E-state index in [4.69, 9.17) is 4.74 Å². The number of aryl methyl sites for hydroxylation is 4. The lowest BCUT2D eigenvalue weighted by Gasteiger charge is -2.12. The van der Waals surface area contributed by atoms with Crippen molar-refractivity contribution >= 4 is 5.91 Å². The van der Waals surface area contributed by atoms with Crippen molar-refractivity contribution < 1.29 is 9.53 Å². The minimum atomic E-state index is -0.113. The summed E-state index contributed by atoms with van der Waals surface area (Å²) in [5.74, 6) is 0.659. The highest BCUT2D eigenvalue weighted by atomic mass is 16.5. The summed E-state index contributed by atoms with van der Waals surface area (Å²) >= 11 is 0. The summed E-state index contributed by atoms with van der Waals surface area (Å²) in [6, 6.07) is 12.2. The third-order valence-electron chi connectivity index (χ3n) is 3.76. The van der Waals surface area contributed by atoms with Crippen molar-refractivity contribution in [2.75, 3.05) is 6.61 Å². The number of carbonyl (C=O) groups is 1. The smallest absolute Gasteiger partial charge is 0.258 e. The number of ether oxygens (including phenoxy) is 1. The molecule has 3 nitrogen and oxygen atoms in total. The molecule has 116 valence electrons. The van der Waals surface area contributed by atoms with Crippen LogP contribution in [-0.2, 0) is 11.3 Å². The maximum atomic E-state index is 11.9. The number of nitrogens with one attached hydrogen (secondary N) is 1. The van der Waals surface area contributed by atoms with Crippen LogP contribution in [0.1, 0.15) is 27.8 Å². The second-order valence-electron chi connectivity index (χ2n) is 5.75. The van der Waals surface area contributed by atoms with Gasteiger partial charge in [-0.2, -0.15) is 0 Å². The zero-order valence-corrected chi connectivity index (χ0v) is 13.7. The minimum Gasteiger partial charge on any atom is -0.483 e. The number of amides is 1. The molecule has 0 aromatic heterocycles. The number of benzene rings is 2. The fourth-order valence-corrected chi connectivity index (χ4v) is 2.19. The van der Waals surface area contributed by atoms with E-state index in [0.717, 1.165) is 16.9 Å². The summed E-state index contributed by atoms with van der Waals surface area (Å²) in [4.78, 5) is 11.9. The maximum absolute atomic E-state index is 11.9. The van der Waals surface area contributed by atoms with E-state index in [1.54, 1.807) is 0 Å². The highest BCUT2D eigenvalue weighted by molar-refractivity contribution is 5.77. The normalized spacial score (nSPS) is 10.4. The van der Waals surface area contributed by atoms with E-state index in [1.165, 1.54) is 16.7 Å². The Morgan fingerprint density at radius 2 is 1.59 bits per heavy atom. The monoisotopic (exact) mass is 297 g/mol. The Balaban J connectivity index is 1.85. The number of rotatable bonds is 5. The molecule has 3 heteroatoms. The van der Waals surface area contributed by atoms with Crippen LogP contribution in [0.2, 0.25) is 0 Å². The Labute approximate surface area is 132 Å². The summed E-state index contributed by atoms with van der Waals surface area (Å²) in [6.45, 7) is 8.71. The lowest BCUT2D eigenvalue weighted by atomic mass is 10.1. The second-order valence-corrected chi connectivity index (χ2v) is 5.75. The molecule has 2 aromatic rings. The largest absolute Gasteiger partial charge is 0.483 e.